The molecule has 0 heterocycles. The zero-order chi connectivity index (χ0) is 12.4. The summed E-state index contributed by atoms with van der Waals surface area (Å²) >= 11 is 0. The van der Waals surface area contributed by atoms with Gasteiger partial charge >= 0.3 is 0 Å². The van der Waals surface area contributed by atoms with Crippen molar-refractivity contribution >= 4 is 22.4 Å². The van der Waals surface area contributed by atoms with Crippen LogP contribution in [0.15, 0.2) is 30.3 Å². The molecule has 0 aliphatic rings. The van der Waals surface area contributed by atoms with Crippen LogP contribution in [0.25, 0.3) is 10.8 Å². The molecule has 0 saturated carbocycles. The minimum Gasteiger partial charge on any atom is -0.494 e. The molecule has 0 radical (unpaired) electrons. The van der Waals surface area contributed by atoms with Crippen molar-refractivity contribution in [1.82, 2.24) is 0 Å². The van der Waals surface area contributed by atoms with Crippen molar-refractivity contribution in [1.29, 1.82) is 0 Å². The van der Waals surface area contributed by atoms with Gasteiger partial charge in [0, 0.05) is 12.5 Å². The van der Waals surface area contributed by atoms with Crippen LogP contribution < -0.4 is 10.1 Å². The number of nitrogens with one attached hydrogen (secondary N) is 1. The van der Waals surface area contributed by atoms with Crippen LogP contribution in [-0.4, -0.2) is 13.0 Å². The molecule has 0 aromatic heterocycles. The van der Waals surface area contributed by atoms with E-state index in [0.717, 1.165) is 27.8 Å². The molecule has 0 unspecified atom stereocenters. The first-order valence-electron chi connectivity index (χ1n) is 5.47. The van der Waals surface area contributed by atoms with Crippen molar-refractivity contribution in [3.05, 3.63) is 35.9 Å². The van der Waals surface area contributed by atoms with Crippen molar-refractivity contribution in [2.24, 2.45) is 0 Å². The van der Waals surface area contributed by atoms with E-state index >= 15 is 0 Å². The van der Waals surface area contributed by atoms with Gasteiger partial charge in [0.1, 0.15) is 5.75 Å². The molecule has 0 saturated heterocycles. The fourth-order valence-corrected chi connectivity index (χ4v) is 2.06. The summed E-state index contributed by atoms with van der Waals surface area (Å²) in [6.45, 7) is 3.48. The lowest BCUT2D eigenvalue weighted by Gasteiger charge is -2.14. The van der Waals surface area contributed by atoms with E-state index in [9.17, 15) is 4.79 Å². The molecule has 2 rings (SSSR count). The lowest BCUT2D eigenvalue weighted by molar-refractivity contribution is -0.114. The van der Waals surface area contributed by atoms with Gasteiger partial charge in [-0.2, -0.15) is 0 Å². The Kier molecular flexibility index (Phi) is 3.00. The standard InChI is InChI=1S/C14H15NO2/c1-9-12-7-5-4-6-11(12)8-13(14(9)17-3)15-10(2)16/h4-8H,1-3H3,(H,15,16). The maximum Gasteiger partial charge on any atom is 0.221 e. The zero-order valence-corrected chi connectivity index (χ0v) is 10.2. The smallest absolute Gasteiger partial charge is 0.221 e. The minimum atomic E-state index is -0.0991. The SMILES string of the molecule is COc1c(NC(C)=O)cc2ccccc2c1C. The molecule has 1 amide bonds. The van der Waals surface area contributed by atoms with E-state index in [1.165, 1.54) is 6.92 Å². The van der Waals surface area contributed by atoms with E-state index in [1.54, 1.807) is 7.11 Å². The summed E-state index contributed by atoms with van der Waals surface area (Å²) in [6, 6.07) is 9.97. The van der Waals surface area contributed by atoms with Gasteiger partial charge in [-0.1, -0.05) is 24.3 Å². The van der Waals surface area contributed by atoms with Gasteiger partial charge in [-0.15, -0.1) is 0 Å². The molecule has 0 aliphatic carbocycles. The first-order valence-corrected chi connectivity index (χ1v) is 5.47. The quantitative estimate of drug-likeness (QED) is 0.859. The second kappa shape index (κ2) is 4.45. The Hall–Kier alpha value is -2.03. The summed E-state index contributed by atoms with van der Waals surface area (Å²) < 4.78 is 5.37. The van der Waals surface area contributed by atoms with Crippen LogP contribution >= 0.6 is 0 Å². The Morgan fingerprint density at radius 2 is 2.00 bits per heavy atom. The number of fused-ring (bicyclic) bond motifs is 1. The van der Waals surface area contributed by atoms with Gasteiger partial charge in [0.15, 0.2) is 0 Å². The highest BCUT2D eigenvalue weighted by molar-refractivity contribution is 5.98. The van der Waals surface area contributed by atoms with Crippen LogP contribution in [0.4, 0.5) is 5.69 Å². The molecule has 2 aromatic carbocycles. The first-order chi connectivity index (χ1) is 8.13. The number of aryl methyl sites for hydroxylation is 1. The van der Waals surface area contributed by atoms with Gasteiger partial charge in [0.25, 0.3) is 0 Å². The Bertz CT molecular complexity index is 576. The fraction of sp³-hybridized carbons (Fsp3) is 0.214. The highest BCUT2D eigenvalue weighted by Crippen LogP contribution is 2.35. The summed E-state index contributed by atoms with van der Waals surface area (Å²) in [6.07, 6.45) is 0. The highest BCUT2D eigenvalue weighted by Gasteiger charge is 2.11. The maximum absolute atomic E-state index is 11.2. The zero-order valence-electron chi connectivity index (χ0n) is 10.2. The van der Waals surface area contributed by atoms with E-state index in [4.69, 9.17) is 4.74 Å². The number of hydrogen-bond donors (Lipinski definition) is 1. The number of benzene rings is 2. The molecule has 2 aromatic rings. The van der Waals surface area contributed by atoms with Gasteiger partial charge in [-0.25, -0.2) is 0 Å². The summed E-state index contributed by atoms with van der Waals surface area (Å²) in [4.78, 5) is 11.2. The number of carbonyl (C=O) groups is 1. The summed E-state index contributed by atoms with van der Waals surface area (Å²) in [5, 5.41) is 5.02. The molecule has 3 heteroatoms. The summed E-state index contributed by atoms with van der Waals surface area (Å²) in [7, 11) is 1.61. The molecule has 0 fully saturated rings. The minimum absolute atomic E-state index is 0.0991. The second-order valence-corrected chi connectivity index (χ2v) is 3.98. The third kappa shape index (κ3) is 2.09. The molecular formula is C14H15NO2. The van der Waals surface area contributed by atoms with Crippen molar-refractivity contribution < 1.29 is 9.53 Å². The van der Waals surface area contributed by atoms with Crippen molar-refractivity contribution in [3.8, 4) is 5.75 Å². The molecular weight excluding hydrogens is 214 g/mol. The topological polar surface area (TPSA) is 38.3 Å². The second-order valence-electron chi connectivity index (χ2n) is 3.98. The third-order valence-electron chi connectivity index (χ3n) is 2.76. The highest BCUT2D eigenvalue weighted by atomic mass is 16.5. The summed E-state index contributed by atoms with van der Waals surface area (Å²) in [5.74, 6) is 0.622. The maximum atomic E-state index is 11.2. The van der Waals surface area contributed by atoms with Crippen molar-refractivity contribution in [2.75, 3.05) is 12.4 Å². The summed E-state index contributed by atoms with van der Waals surface area (Å²) in [5.41, 5.74) is 1.76. The molecule has 88 valence electrons. The van der Waals surface area contributed by atoms with Crippen molar-refractivity contribution in [2.45, 2.75) is 13.8 Å². The largest absolute Gasteiger partial charge is 0.494 e. The molecule has 0 aliphatic heterocycles. The average Bonchev–Trinajstić information content (AvgIpc) is 2.29. The van der Waals surface area contributed by atoms with Crippen LogP contribution in [-0.2, 0) is 4.79 Å². The number of anilines is 1. The monoisotopic (exact) mass is 229 g/mol. The van der Waals surface area contributed by atoms with E-state index < -0.39 is 0 Å². The Balaban J connectivity index is 2.70. The molecule has 3 nitrogen and oxygen atoms in total. The lowest BCUT2D eigenvalue weighted by Crippen LogP contribution is -2.08. The Labute approximate surface area is 100 Å². The van der Waals surface area contributed by atoms with Gasteiger partial charge in [0.2, 0.25) is 5.91 Å². The number of ether oxygens (including phenoxy) is 1. The van der Waals surface area contributed by atoms with Gasteiger partial charge < -0.3 is 10.1 Å². The van der Waals surface area contributed by atoms with E-state index in [0.29, 0.717) is 0 Å². The van der Waals surface area contributed by atoms with Crippen molar-refractivity contribution in [3.63, 3.8) is 0 Å². The third-order valence-corrected chi connectivity index (χ3v) is 2.76. The molecule has 0 spiro atoms. The number of methoxy groups -OCH3 is 1. The number of rotatable bonds is 2. The predicted molar refractivity (Wildman–Crippen MR) is 69.5 cm³/mol. The van der Waals surface area contributed by atoms with E-state index in [-0.39, 0.29) is 5.91 Å². The lowest BCUT2D eigenvalue weighted by atomic mass is 10.0. The normalized spacial score (nSPS) is 10.3. The van der Waals surface area contributed by atoms with Crippen LogP contribution in [0, 0.1) is 6.92 Å². The Morgan fingerprint density at radius 1 is 1.29 bits per heavy atom. The predicted octanol–water partition coefficient (Wildman–Crippen LogP) is 3.12. The van der Waals surface area contributed by atoms with Crippen LogP contribution in [0.3, 0.4) is 0 Å². The molecule has 17 heavy (non-hydrogen) atoms. The molecule has 1 N–H and O–H groups in total. The van der Waals surface area contributed by atoms with Crippen LogP contribution in [0.5, 0.6) is 5.75 Å². The Morgan fingerprint density at radius 3 is 2.65 bits per heavy atom. The van der Waals surface area contributed by atoms with Crippen LogP contribution in [0.2, 0.25) is 0 Å². The van der Waals surface area contributed by atoms with Crippen LogP contribution in [0.1, 0.15) is 12.5 Å². The van der Waals surface area contributed by atoms with E-state index in [1.807, 2.05) is 37.3 Å². The fourth-order valence-electron chi connectivity index (χ4n) is 2.06. The van der Waals surface area contributed by atoms with Gasteiger partial charge in [-0.3, -0.25) is 4.79 Å². The molecule has 0 bridgehead atoms. The molecule has 0 atom stereocenters. The van der Waals surface area contributed by atoms with E-state index in [2.05, 4.69) is 5.32 Å². The number of hydrogen-bond acceptors (Lipinski definition) is 2. The first kappa shape index (κ1) is 11.5. The van der Waals surface area contributed by atoms with Gasteiger partial charge in [0.05, 0.1) is 12.8 Å². The average molecular weight is 229 g/mol. The van der Waals surface area contributed by atoms with Gasteiger partial charge in [-0.05, 0) is 23.8 Å². The number of carbonyl (C=O) groups excluding carboxylic acids is 1. The number of amides is 1.